The van der Waals surface area contributed by atoms with E-state index in [9.17, 15) is 0 Å². The Hall–Kier alpha value is -1.24. The first kappa shape index (κ1) is 24.0. The second-order valence-electron chi connectivity index (χ2n) is 8.38. The zero-order chi connectivity index (χ0) is 21.3. The maximum atomic E-state index is 6.59. The molecule has 2 aromatic carbocycles. The van der Waals surface area contributed by atoms with Gasteiger partial charge < -0.3 is 18.0 Å². The van der Waals surface area contributed by atoms with E-state index in [-0.39, 0.29) is 11.9 Å². The lowest BCUT2D eigenvalue weighted by atomic mass is 10.1. The summed E-state index contributed by atoms with van der Waals surface area (Å²) in [5.74, 6) is 0. The van der Waals surface area contributed by atoms with Crippen LogP contribution in [-0.2, 0) is 24.1 Å². The molecule has 0 bridgehead atoms. The van der Waals surface area contributed by atoms with Crippen LogP contribution < -0.4 is 0 Å². The van der Waals surface area contributed by atoms with Crippen molar-refractivity contribution in [3.8, 4) is 0 Å². The Morgan fingerprint density at radius 3 is 2.07 bits per heavy atom. The summed E-state index contributed by atoms with van der Waals surface area (Å²) < 4.78 is 25.6. The minimum atomic E-state index is -3.00. The van der Waals surface area contributed by atoms with Crippen LogP contribution in [0, 0.1) is 0 Å². The molecule has 0 saturated carbocycles. The molecular formula is C24H38O4Si. The van der Waals surface area contributed by atoms with Gasteiger partial charge >= 0.3 is 8.80 Å². The van der Waals surface area contributed by atoms with Crippen LogP contribution in [0.5, 0.6) is 0 Å². The molecule has 0 amide bonds. The van der Waals surface area contributed by atoms with Crippen LogP contribution in [0.1, 0.15) is 66.4 Å². The van der Waals surface area contributed by atoms with Gasteiger partial charge in [0.1, 0.15) is 0 Å². The van der Waals surface area contributed by atoms with Crippen LogP contribution in [0.4, 0.5) is 0 Å². The molecule has 5 heteroatoms. The van der Waals surface area contributed by atoms with E-state index in [0.29, 0.717) is 19.3 Å². The van der Waals surface area contributed by atoms with Gasteiger partial charge in [0.15, 0.2) is 6.29 Å². The third kappa shape index (κ3) is 7.50. The first-order valence-corrected chi connectivity index (χ1v) is 12.9. The maximum absolute atomic E-state index is 6.59. The van der Waals surface area contributed by atoms with Crippen LogP contribution in [0.2, 0.25) is 0 Å². The number of ether oxygens (including phenoxy) is 1. The molecule has 2 rings (SSSR count). The van der Waals surface area contributed by atoms with Gasteiger partial charge in [-0.25, -0.2) is 0 Å². The van der Waals surface area contributed by atoms with E-state index in [1.165, 1.54) is 16.3 Å². The molecule has 29 heavy (non-hydrogen) atoms. The molecule has 162 valence electrons. The van der Waals surface area contributed by atoms with Gasteiger partial charge in [-0.1, -0.05) is 63.2 Å². The second kappa shape index (κ2) is 11.2. The Kier molecular flexibility index (Phi) is 9.31. The lowest BCUT2D eigenvalue weighted by Gasteiger charge is -2.36. The summed E-state index contributed by atoms with van der Waals surface area (Å²) in [4.78, 5) is 0. The molecule has 0 N–H and O–H groups in total. The molecule has 0 aliphatic carbocycles. The molecule has 0 fully saturated rings. The smallest absolute Gasteiger partial charge is 0.373 e. The standard InChI is InChI=1S/C24H38O4Si/c1-7-17-25-29(26-18-8-2,28-23(9-3)27-24(4,5)6)19-21-15-12-14-20-13-10-11-16-22(20)21/h10-16,23H,7-9,17-19H2,1-6H3. The van der Waals surface area contributed by atoms with Crippen molar-refractivity contribution >= 4 is 19.6 Å². The Morgan fingerprint density at radius 2 is 1.48 bits per heavy atom. The number of benzene rings is 2. The zero-order valence-electron chi connectivity index (χ0n) is 19.0. The summed E-state index contributed by atoms with van der Waals surface area (Å²) >= 11 is 0. The highest BCUT2D eigenvalue weighted by molar-refractivity contribution is 6.60. The zero-order valence-corrected chi connectivity index (χ0v) is 20.0. The van der Waals surface area contributed by atoms with E-state index in [1.54, 1.807) is 0 Å². The summed E-state index contributed by atoms with van der Waals surface area (Å²) in [6.07, 6.45) is 2.22. The minimum Gasteiger partial charge on any atom is -0.373 e. The van der Waals surface area contributed by atoms with Gasteiger partial charge in [0.25, 0.3) is 0 Å². The van der Waals surface area contributed by atoms with Gasteiger partial charge in [0.05, 0.1) is 5.60 Å². The van der Waals surface area contributed by atoms with Gasteiger partial charge in [0, 0.05) is 19.3 Å². The van der Waals surface area contributed by atoms with Crippen molar-refractivity contribution in [2.45, 2.75) is 78.7 Å². The molecule has 1 atom stereocenters. The predicted molar refractivity (Wildman–Crippen MR) is 122 cm³/mol. The number of hydrogen-bond donors (Lipinski definition) is 0. The summed E-state index contributed by atoms with van der Waals surface area (Å²) in [5, 5.41) is 2.44. The van der Waals surface area contributed by atoms with Crippen molar-refractivity contribution in [2.24, 2.45) is 0 Å². The minimum absolute atomic E-state index is 0.296. The fourth-order valence-corrected chi connectivity index (χ4v) is 6.16. The van der Waals surface area contributed by atoms with Crippen molar-refractivity contribution in [3.05, 3.63) is 48.0 Å². The van der Waals surface area contributed by atoms with Crippen LogP contribution in [-0.4, -0.2) is 33.9 Å². The van der Waals surface area contributed by atoms with Crippen molar-refractivity contribution in [1.29, 1.82) is 0 Å². The molecule has 1 unspecified atom stereocenters. The Labute approximate surface area is 177 Å². The molecule has 0 radical (unpaired) electrons. The molecule has 0 aliphatic heterocycles. The average Bonchev–Trinajstić information content (AvgIpc) is 2.69. The lowest BCUT2D eigenvalue weighted by molar-refractivity contribution is -0.176. The molecule has 0 spiro atoms. The van der Waals surface area contributed by atoms with Gasteiger partial charge in [-0.2, -0.15) is 0 Å². The van der Waals surface area contributed by atoms with Gasteiger partial charge in [0.2, 0.25) is 0 Å². The van der Waals surface area contributed by atoms with E-state index >= 15 is 0 Å². The topological polar surface area (TPSA) is 36.9 Å². The summed E-state index contributed by atoms with van der Waals surface area (Å²) in [6, 6.07) is 15.5. The predicted octanol–water partition coefficient (Wildman–Crippen LogP) is 6.28. The average molecular weight is 419 g/mol. The molecular weight excluding hydrogens is 380 g/mol. The highest BCUT2D eigenvalue weighted by Gasteiger charge is 2.44. The number of fused-ring (bicyclic) bond motifs is 1. The molecule has 0 aliphatic rings. The van der Waals surface area contributed by atoms with E-state index in [4.69, 9.17) is 18.0 Å². The normalized spacial score (nSPS) is 13.7. The summed E-state index contributed by atoms with van der Waals surface area (Å²) in [6.45, 7) is 13.7. The Balaban J connectivity index is 2.40. The van der Waals surface area contributed by atoms with Crippen molar-refractivity contribution in [1.82, 2.24) is 0 Å². The summed E-state index contributed by atoms with van der Waals surface area (Å²) in [7, 11) is -3.00. The van der Waals surface area contributed by atoms with Crippen LogP contribution in [0.15, 0.2) is 42.5 Å². The van der Waals surface area contributed by atoms with Crippen molar-refractivity contribution < 1.29 is 18.0 Å². The van der Waals surface area contributed by atoms with Crippen molar-refractivity contribution in [3.63, 3.8) is 0 Å². The van der Waals surface area contributed by atoms with E-state index in [2.05, 4.69) is 63.2 Å². The molecule has 0 aromatic heterocycles. The largest absolute Gasteiger partial charge is 0.507 e. The first-order valence-electron chi connectivity index (χ1n) is 10.9. The van der Waals surface area contributed by atoms with Crippen LogP contribution in [0.25, 0.3) is 10.8 Å². The number of rotatable bonds is 12. The third-order valence-corrected chi connectivity index (χ3v) is 7.19. The fourth-order valence-electron chi connectivity index (χ4n) is 3.23. The van der Waals surface area contributed by atoms with Crippen LogP contribution >= 0.6 is 0 Å². The Bertz CT molecular complexity index is 728. The lowest BCUT2D eigenvalue weighted by Crippen LogP contribution is -2.52. The fraction of sp³-hybridized carbons (Fsp3) is 0.583. The molecule has 2 aromatic rings. The van der Waals surface area contributed by atoms with Crippen molar-refractivity contribution in [2.75, 3.05) is 13.2 Å². The Morgan fingerprint density at radius 1 is 0.862 bits per heavy atom. The maximum Gasteiger partial charge on any atom is 0.507 e. The monoisotopic (exact) mass is 418 g/mol. The van der Waals surface area contributed by atoms with E-state index in [0.717, 1.165) is 19.3 Å². The first-order chi connectivity index (χ1) is 13.8. The van der Waals surface area contributed by atoms with Gasteiger partial charge in [-0.15, -0.1) is 0 Å². The second-order valence-corrected chi connectivity index (χ2v) is 10.9. The van der Waals surface area contributed by atoms with Crippen LogP contribution in [0.3, 0.4) is 0 Å². The molecule has 0 heterocycles. The third-order valence-electron chi connectivity index (χ3n) is 4.47. The molecule has 0 saturated heterocycles. The highest BCUT2D eigenvalue weighted by atomic mass is 28.4. The van der Waals surface area contributed by atoms with E-state index < -0.39 is 8.80 Å². The molecule has 4 nitrogen and oxygen atoms in total. The number of hydrogen-bond acceptors (Lipinski definition) is 4. The summed E-state index contributed by atoms with van der Waals surface area (Å²) in [5.41, 5.74) is 0.906. The quantitative estimate of drug-likeness (QED) is 0.300. The van der Waals surface area contributed by atoms with E-state index in [1.807, 2.05) is 20.8 Å². The SMILES string of the molecule is CCCO[Si](Cc1cccc2ccccc12)(OCCC)OC(CC)OC(C)(C)C. The highest BCUT2D eigenvalue weighted by Crippen LogP contribution is 2.27. The van der Waals surface area contributed by atoms with Gasteiger partial charge in [-0.05, 0) is 56.4 Å². The van der Waals surface area contributed by atoms with Gasteiger partial charge in [-0.3, -0.25) is 0 Å².